The molecular weight excluding hydrogens is 243 g/mol. The molecule has 0 aromatic heterocycles. The summed E-state index contributed by atoms with van der Waals surface area (Å²) in [5.41, 5.74) is 6.90. The van der Waals surface area contributed by atoms with Crippen molar-refractivity contribution in [1.82, 2.24) is 0 Å². The molecule has 0 aliphatic heterocycles. The Labute approximate surface area is 114 Å². The number of nitrogen functional groups attached to an aromatic ring is 1. The first-order valence-electron chi connectivity index (χ1n) is 6.81. The van der Waals surface area contributed by atoms with Crippen LogP contribution in [0.5, 0.6) is 5.75 Å². The fraction of sp³-hybridized carbons (Fsp3) is 0.600. The van der Waals surface area contributed by atoms with Gasteiger partial charge in [0.25, 0.3) is 0 Å². The van der Waals surface area contributed by atoms with Crippen LogP contribution >= 0.6 is 0 Å². The zero-order chi connectivity index (χ0) is 14.0. The van der Waals surface area contributed by atoms with Gasteiger partial charge in [0.2, 0.25) is 0 Å². The molecule has 0 bridgehead atoms. The Kier molecular flexibility index (Phi) is 3.88. The molecule has 3 N–H and O–H groups in total. The van der Waals surface area contributed by atoms with Gasteiger partial charge in [0.1, 0.15) is 11.6 Å². The molecule has 0 unspecified atom stereocenters. The Morgan fingerprint density at radius 1 is 1.32 bits per heavy atom. The van der Waals surface area contributed by atoms with Crippen molar-refractivity contribution >= 4 is 11.4 Å². The van der Waals surface area contributed by atoms with Gasteiger partial charge >= 0.3 is 0 Å². The summed E-state index contributed by atoms with van der Waals surface area (Å²) in [6.07, 6.45) is 4.47. The van der Waals surface area contributed by atoms with Crippen LogP contribution in [0, 0.1) is 11.2 Å². The van der Waals surface area contributed by atoms with Crippen molar-refractivity contribution < 1.29 is 9.13 Å². The predicted octanol–water partition coefficient (Wildman–Crippen LogP) is 3.80. The zero-order valence-corrected chi connectivity index (χ0v) is 11.9. The fourth-order valence-electron chi connectivity index (χ4n) is 2.62. The van der Waals surface area contributed by atoms with Crippen LogP contribution in [0.25, 0.3) is 0 Å². The number of hydrogen-bond donors (Lipinski definition) is 2. The lowest BCUT2D eigenvalue weighted by atomic mass is 9.75. The topological polar surface area (TPSA) is 47.3 Å². The van der Waals surface area contributed by atoms with E-state index in [1.807, 2.05) is 0 Å². The molecule has 0 amide bonds. The first kappa shape index (κ1) is 14.0. The van der Waals surface area contributed by atoms with Crippen molar-refractivity contribution in [2.75, 3.05) is 18.2 Å². The second-order valence-corrected chi connectivity index (χ2v) is 6.16. The molecule has 0 heterocycles. The van der Waals surface area contributed by atoms with Crippen molar-refractivity contribution in [3.8, 4) is 5.75 Å². The highest BCUT2D eigenvalue weighted by atomic mass is 19.1. The molecule has 106 valence electrons. The third-order valence-corrected chi connectivity index (χ3v) is 4.02. The van der Waals surface area contributed by atoms with Crippen LogP contribution < -0.4 is 15.8 Å². The molecule has 2 rings (SSSR count). The van der Waals surface area contributed by atoms with Crippen LogP contribution in [-0.2, 0) is 0 Å². The summed E-state index contributed by atoms with van der Waals surface area (Å²) in [6, 6.07) is 3.29. The quantitative estimate of drug-likeness (QED) is 0.818. The Hall–Kier alpha value is -1.45. The van der Waals surface area contributed by atoms with Crippen molar-refractivity contribution in [1.29, 1.82) is 0 Å². The first-order chi connectivity index (χ1) is 8.91. The number of nitrogens with two attached hydrogens (primary N) is 1. The molecule has 1 aromatic rings. The van der Waals surface area contributed by atoms with Crippen molar-refractivity contribution in [3.05, 3.63) is 17.9 Å². The monoisotopic (exact) mass is 266 g/mol. The maximum Gasteiger partial charge on any atom is 0.148 e. The molecule has 0 radical (unpaired) electrons. The highest BCUT2D eigenvalue weighted by molar-refractivity contribution is 5.62. The standard InChI is InChI=1S/C15H23FN2O/c1-15(2)6-4-10(5-7-15)18-13-9-14(19-3)12(17)8-11(13)16/h8-10,18H,4-7,17H2,1-3H3. The minimum Gasteiger partial charge on any atom is -0.495 e. The third-order valence-electron chi connectivity index (χ3n) is 4.02. The van der Waals surface area contributed by atoms with Crippen LogP contribution in [0.2, 0.25) is 0 Å². The Morgan fingerprint density at radius 2 is 1.95 bits per heavy atom. The average Bonchev–Trinajstić information content (AvgIpc) is 2.35. The third kappa shape index (κ3) is 3.31. The van der Waals surface area contributed by atoms with Gasteiger partial charge in [-0.05, 0) is 31.1 Å². The number of benzene rings is 1. The molecule has 3 nitrogen and oxygen atoms in total. The summed E-state index contributed by atoms with van der Waals surface area (Å²) in [7, 11) is 1.54. The van der Waals surface area contributed by atoms with E-state index in [-0.39, 0.29) is 5.82 Å². The van der Waals surface area contributed by atoms with Gasteiger partial charge < -0.3 is 15.8 Å². The highest BCUT2D eigenvalue weighted by Crippen LogP contribution is 2.37. The van der Waals surface area contributed by atoms with Crippen molar-refractivity contribution in [3.63, 3.8) is 0 Å². The summed E-state index contributed by atoms with van der Waals surface area (Å²) in [6.45, 7) is 4.58. The van der Waals surface area contributed by atoms with E-state index in [0.717, 1.165) is 12.8 Å². The van der Waals surface area contributed by atoms with E-state index in [9.17, 15) is 4.39 Å². The van der Waals surface area contributed by atoms with E-state index < -0.39 is 0 Å². The molecule has 1 saturated carbocycles. The Bertz CT molecular complexity index is 450. The number of anilines is 2. The Morgan fingerprint density at radius 3 is 2.53 bits per heavy atom. The summed E-state index contributed by atoms with van der Waals surface area (Å²) in [4.78, 5) is 0. The van der Waals surface area contributed by atoms with E-state index >= 15 is 0 Å². The second-order valence-electron chi connectivity index (χ2n) is 6.16. The normalized spacial score (nSPS) is 19.2. The predicted molar refractivity (Wildman–Crippen MR) is 77.0 cm³/mol. The minimum atomic E-state index is -0.317. The summed E-state index contributed by atoms with van der Waals surface area (Å²) in [5, 5.41) is 3.28. The molecular formula is C15H23FN2O. The number of hydrogen-bond acceptors (Lipinski definition) is 3. The van der Waals surface area contributed by atoms with Gasteiger partial charge in [-0.15, -0.1) is 0 Å². The van der Waals surface area contributed by atoms with E-state index in [1.54, 1.807) is 6.07 Å². The van der Waals surface area contributed by atoms with Crippen molar-refractivity contribution in [2.45, 2.75) is 45.6 Å². The SMILES string of the molecule is COc1cc(NC2CCC(C)(C)CC2)c(F)cc1N. The van der Waals surface area contributed by atoms with Gasteiger partial charge in [-0.1, -0.05) is 13.8 Å². The van der Waals surface area contributed by atoms with E-state index in [0.29, 0.717) is 28.6 Å². The van der Waals surface area contributed by atoms with E-state index in [4.69, 9.17) is 10.5 Å². The van der Waals surface area contributed by atoms with Gasteiger partial charge in [0.15, 0.2) is 0 Å². The Balaban J connectivity index is 2.07. The molecule has 1 fully saturated rings. The van der Waals surface area contributed by atoms with Gasteiger partial charge in [-0.2, -0.15) is 0 Å². The van der Waals surface area contributed by atoms with Gasteiger partial charge in [-0.25, -0.2) is 4.39 Å². The summed E-state index contributed by atoms with van der Waals surface area (Å²) < 4.78 is 19.0. The first-order valence-corrected chi connectivity index (χ1v) is 6.81. The number of nitrogens with one attached hydrogen (secondary N) is 1. The molecule has 1 aliphatic rings. The van der Waals surface area contributed by atoms with Crippen LogP contribution in [0.15, 0.2) is 12.1 Å². The van der Waals surface area contributed by atoms with Crippen LogP contribution in [0.1, 0.15) is 39.5 Å². The van der Waals surface area contributed by atoms with Crippen LogP contribution in [-0.4, -0.2) is 13.2 Å². The number of ether oxygens (including phenoxy) is 1. The van der Waals surface area contributed by atoms with Gasteiger partial charge in [0.05, 0.1) is 18.5 Å². The van der Waals surface area contributed by atoms with Gasteiger partial charge in [-0.3, -0.25) is 0 Å². The number of halogens is 1. The molecule has 0 saturated heterocycles. The van der Waals surface area contributed by atoms with E-state index in [2.05, 4.69) is 19.2 Å². The molecule has 1 aromatic carbocycles. The zero-order valence-electron chi connectivity index (χ0n) is 11.9. The highest BCUT2D eigenvalue weighted by Gasteiger charge is 2.27. The van der Waals surface area contributed by atoms with Crippen molar-refractivity contribution in [2.24, 2.45) is 5.41 Å². The molecule has 1 aliphatic carbocycles. The maximum absolute atomic E-state index is 13.9. The average molecular weight is 266 g/mol. The fourth-order valence-corrected chi connectivity index (χ4v) is 2.62. The molecule has 0 spiro atoms. The largest absolute Gasteiger partial charge is 0.495 e. The number of methoxy groups -OCH3 is 1. The van der Waals surface area contributed by atoms with Crippen LogP contribution in [0.4, 0.5) is 15.8 Å². The van der Waals surface area contributed by atoms with E-state index in [1.165, 1.54) is 26.0 Å². The molecule has 0 atom stereocenters. The lowest BCUT2D eigenvalue weighted by molar-refractivity contribution is 0.232. The smallest absolute Gasteiger partial charge is 0.148 e. The second kappa shape index (κ2) is 5.27. The lowest BCUT2D eigenvalue weighted by Crippen LogP contribution is -2.30. The number of rotatable bonds is 3. The summed E-state index contributed by atoms with van der Waals surface area (Å²) >= 11 is 0. The molecule has 19 heavy (non-hydrogen) atoms. The lowest BCUT2D eigenvalue weighted by Gasteiger charge is -2.35. The minimum absolute atomic E-state index is 0.317. The van der Waals surface area contributed by atoms with Gasteiger partial charge in [0, 0.05) is 18.2 Å². The molecule has 4 heteroatoms. The maximum atomic E-state index is 13.9. The van der Waals surface area contributed by atoms with Crippen LogP contribution in [0.3, 0.4) is 0 Å². The summed E-state index contributed by atoms with van der Waals surface area (Å²) in [5.74, 6) is 0.197.